The number of aliphatic hydroxyl groups is 1. The van der Waals surface area contributed by atoms with Gasteiger partial charge in [0, 0.05) is 10.9 Å². The van der Waals surface area contributed by atoms with E-state index in [2.05, 4.69) is 4.72 Å². The molecule has 1 atom stereocenters. The fourth-order valence-electron chi connectivity index (χ4n) is 2.01. The number of hydrogen-bond acceptors (Lipinski definition) is 4. The Labute approximate surface area is 129 Å². The number of sulfonamides is 1. The molecule has 2 N–H and O–H groups in total. The summed E-state index contributed by atoms with van der Waals surface area (Å²) >= 11 is 1.27. The molecule has 1 aromatic carbocycles. The molecule has 0 saturated heterocycles. The van der Waals surface area contributed by atoms with E-state index in [9.17, 15) is 13.5 Å². The van der Waals surface area contributed by atoms with Crippen LogP contribution < -0.4 is 4.72 Å². The quantitative estimate of drug-likeness (QED) is 0.820. The third kappa shape index (κ3) is 4.38. The van der Waals surface area contributed by atoms with E-state index in [-0.39, 0.29) is 6.61 Å². The lowest BCUT2D eigenvalue weighted by Crippen LogP contribution is -2.38. The molecular formula is C15H19NO3S2. The van der Waals surface area contributed by atoms with Crippen LogP contribution in [0.15, 0.2) is 46.7 Å². The minimum Gasteiger partial charge on any atom is -0.395 e. The van der Waals surface area contributed by atoms with Crippen LogP contribution in [0.3, 0.4) is 0 Å². The van der Waals surface area contributed by atoms with E-state index in [1.165, 1.54) is 11.3 Å². The SMILES string of the molecule is CCc1ccc(S(=O)(=O)N[C@@H](CO)Cc2ccccc2)s1. The summed E-state index contributed by atoms with van der Waals surface area (Å²) < 4.78 is 27.5. The number of benzene rings is 1. The first-order valence-corrected chi connectivity index (χ1v) is 9.11. The highest BCUT2D eigenvalue weighted by atomic mass is 32.2. The molecule has 6 heteroatoms. The van der Waals surface area contributed by atoms with Crippen LogP contribution in [0.4, 0.5) is 0 Å². The minimum absolute atomic E-state index is 0.236. The molecular weight excluding hydrogens is 306 g/mol. The zero-order valence-electron chi connectivity index (χ0n) is 11.8. The zero-order valence-corrected chi connectivity index (χ0v) is 13.5. The first kappa shape index (κ1) is 16.2. The molecule has 0 aliphatic rings. The van der Waals surface area contributed by atoms with Gasteiger partial charge in [0.05, 0.1) is 6.61 Å². The van der Waals surface area contributed by atoms with Gasteiger partial charge in [0.15, 0.2) is 0 Å². The molecule has 4 nitrogen and oxygen atoms in total. The number of thiophene rings is 1. The summed E-state index contributed by atoms with van der Waals surface area (Å²) in [6.45, 7) is 1.75. The third-order valence-corrected chi connectivity index (χ3v) is 6.36. The van der Waals surface area contributed by atoms with Crippen molar-refractivity contribution >= 4 is 21.4 Å². The summed E-state index contributed by atoms with van der Waals surface area (Å²) in [6, 6.07) is 12.4. The monoisotopic (exact) mass is 325 g/mol. The van der Waals surface area contributed by atoms with Crippen molar-refractivity contribution in [1.29, 1.82) is 0 Å². The second-order valence-electron chi connectivity index (χ2n) is 4.76. The van der Waals surface area contributed by atoms with Gasteiger partial charge >= 0.3 is 0 Å². The molecule has 114 valence electrons. The van der Waals surface area contributed by atoms with Crippen molar-refractivity contribution in [3.8, 4) is 0 Å². The molecule has 0 bridgehead atoms. The summed E-state index contributed by atoms with van der Waals surface area (Å²) in [5.41, 5.74) is 0.986. The molecule has 2 rings (SSSR count). The zero-order chi connectivity index (χ0) is 15.3. The first-order chi connectivity index (χ1) is 10.0. The largest absolute Gasteiger partial charge is 0.395 e. The minimum atomic E-state index is -3.57. The summed E-state index contributed by atoms with van der Waals surface area (Å²) in [5, 5.41) is 9.43. The lowest BCUT2D eigenvalue weighted by Gasteiger charge is -2.15. The van der Waals surface area contributed by atoms with Crippen molar-refractivity contribution in [2.45, 2.75) is 30.0 Å². The van der Waals surface area contributed by atoms with Crippen LogP contribution in [-0.2, 0) is 22.9 Å². The van der Waals surface area contributed by atoms with E-state index in [0.29, 0.717) is 10.6 Å². The maximum atomic E-state index is 12.3. The lowest BCUT2D eigenvalue weighted by atomic mass is 10.1. The number of nitrogens with one attached hydrogen (secondary N) is 1. The molecule has 0 radical (unpaired) electrons. The van der Waals surface area contributed by atoms with Crippen LogP contribution in [0, 0.1) is 0 Å². The standard InChI is InChI=1S/C15H19NO3S2/c1-2-14-8-9-15(20-14)21(18,19)16-13(11-17)10-12-6-4-3-5-7-12/h3-9,13,16-17H,2,10-11H2,1H3/t13-/m1/s1. The van der Waals surface area contributed by atoms with Crippen LogP contribution in [-0.4, -0.2) is 26.2 Å². The van der Waals surface area contributed by atoms with Gasteiger partial charge in [0.2, 0.25) is 10.0 Å². The molecule has 0 spiro atoms. The van der Waals surface area contributed by atoms with E-state index in [4.69, 9.17) is 0 Å². The van der Waals surface area contributed by atoms with E-state index >= 15 is 0 Å². The Kier molecular flexibility index (Phi) is 5.52. The molecule has 0 amide bonds. The van der Waals surface area contributed by atoms with Gasteiger partial charge in [0.1, 0.15) is 4.21 Å². The third-order valence-electron chi connectivity index (χ3n) is 3.12. The molecule has 0 saturated carbocycles. The van der Waals surface area contributed by atoms with Crippen molar-refractivity contribution in [2.75, 3.05) is 6.61 Å². The van der Waals surface area contributed by atoms with Crippen LogP contribution in [0.5, 0.6) is 0 Å². The smallest absolute Gasteiger partial charge is 0.250 e. The Morgan fingerprint density at radius 2 is 1.90 bits per heavy atom. The second kappa shape index (κ2) is 7.17. The van der Waals surface area contributed by atoms with Crippen LogP contribution in [0.25, 0.3) is 0 Å². The van der Waals surface area contributed by atoms with Gasteiger partial charge in [-0.1, -0.05) is 37.3 Å². The highest BCUT2D eigenvalue weighted by Gasteiger charge is 2.21. The summed E-state index contributed by atoms with van der Waals surface area (Å²) in [4.78, 5) is 1.03. The van der Waals surface area contributed by atoms with E-state index in [1.54, 1.807) is 6.07 Å². The van der Waals surface area contributed by atoms with Gasteiger partial charge in [-0.3, -0.25) is 0 Å². The van der Waals surface area contributed by atoms with Gasteiger partial charge in [-0.05, 0) is 30.5 Å². The summed E-state index contributed by atoms with van der Waals surface area (Å²) in [6.07, 6.45) is 1.27. The van der Waals surface area contributed by atoms with Gasteiger partial charge in [-0.25, -0.2) is 13.1 Å². The van der Waals surface area contributed by atoms with Crippen LogP contribution >= 0.6 is 11.3 Å². The number of aryl methyl sites for hydroxylation is 1. The van der Waals surface area contributed by atoms with Gasteiger partial charge in [-0.15, -0.1) is 11.3 Å². The predicted octanol–water partition coefficient (Wildman–Crippen LogP) is 2.19. The van der Waals surface area contributed by atoms with Crippen molar-refractivity contribution in [1.82, 2.24) is 4.72 Å². The highest BCUT2D eigenvalue weighted by molar-refractivity contribution is 7.91. The topological polar surface area (TPSA) is 66.4 Å². The average Bonchev–Trinajstić information content (AvgIpc) is 2.97. The normalized spacial score (nSPS) is 13.2. The van der Waals surface area contributed by atoms with Crippen molar-refractivity contribution in [3.05, 3.63) is 52.9 Å². The molecule has 0 unspecified atom stereocenters. The molecule has 0 fully saturated rings. The van der Waals surface area contributed by atoms with Crippen molar-refractivity contribution in [2.24, 2.45) is 0 Å². The Bertz CT molecular complexity index is 665. The first-order valence-electron chi connectivity index (χ1n) is 6.81. The number of aliphatic hydroxyl groups excluding tert-OH is 1. The van der Waals surface area contributed by atoms with E-state index < -0.39 is 16.1 Å². The van der Waals surface area contributed by atoms with Crippen molar-refractivity contribution in [3.63, 3.8) is 0 Å². The summed E-state index contributed by atoms with van der Waals surface area (Å²) in [5.74, 6) is 0. The second-order valence-corrected chi connectivity index (χ2v) is 7.87. The Hall–Kier alpha value is -1.21. The molecule has 21 heavy (non-hydrogen) atoms. The van der Waals surface area contributed by atoms with E-state index in [0.717, 1.165) is 16.9 Å². The molecule has 1 aromatic heterocycles. The summed E-state index contributed by atoms with van der Waals surface area (Å²) in [7, 11) is -3.57. The lowest BCUT2D eigenvalue weighted by molar-refractivity contribution is 0.256. The molecule has 1 heterocycles. The number of hydrogen-bond donors (Lipinski definition) is 2. The highest BCUT2D eigenvalue weighted by Crippen LogP contribution is 2.22. The maximum Gasteiger partial charge on any atom is 0.250 e. The van der Waals surface area contributed by atoms with E-state index in [1.807, 2.05) is 43.3 Å². The Balaban J connectivity index is 2.10. The molecule has 0 aliphatic carbocycles. The predicted molar refractivity (Wildman–Crippen MR) is 85.0 cm³/mol. The molecule has 2 aromatic rings. The Morgan fingerprint density at radius 1 is 1.19 bits per heavy atom. The van der Waals surface area contributed by atoms with Crippen LogP contribution in [0.2, 0.25) is 0 Å². The van der Waals surface area contributed by atoms with Gasteiger partial charge in [0.25, 0.3) is 0 Å². The Morgan fingerprint density at radius 3 is 2.48 bits per heavy atom. The number of rotatable bonds is 7. The molecule has 0 aliphatic heterocycles. The van der Waals surface area contributed by atoms with Gasteiger partial charge in [-0.2, -0.15) is 0 Å². The van der Waals surface area contributed by atoms with Gasteiger partial charge < -0.3 is 5.11 Å². The fraction of sp³-hybridized carbons (Fsp3) is 0.333. The van der Waals surface area contributed by atoms with Crippen molar-refractivity contribution < 1.29 is 13.5 Å². The average molecular weight is 325 g/mol. The fourth-order valence-corrected chi connectivity index (χ4v) is 4.55. The maximum absolute atomic E-state index is 12.3. The van der Waals surface area contributed by atoms with Crippen LogP contribution in [0.1, 0.15) is 17.4 Å².